The van der Waals surface area contributed by atoms with Gasteiger partial charge in [-0.05, 0) is 58.4 Å². The van der Waals surface area contributed by atoms with Gasteiger partial charge in [-0.1, -0.05) is 12.1 Å². The Labute approximate surface area is 126 Å². The molecule has 0 saturated carbocycles. The lowest BCUT2D eigenvalue weighted by Gasteiger charge is -2.09. The lowest BCUT2D eigenvalue weighted by molar-refractivity contribution is 1.03. The summed E-state index contributed by atoms with van der Waals surface area (Å²) < 4.78 is 2.95. The monoisotopic (exact) mass is 327 g/mol. The molecule has 0 bridgehead atoms. The molecule has 3 aromatic rings. The van der Waals surface area contributed by atoms with E-state index in [4.69, 9.17) is 0 Å². The highest BCUT2D eigenvalue weighted by molar-refractivity contribution is 9.10. The van der Waals surface area contributed by atoms with Crippen LogP contribution in [0.15, 0.2) is 71.6 Å². The van der Waals surface area contributed by atoms with Crippen LogP contribution in [0.2, 0.25) is 0 Å². The maximum Gasteiger partial charge on any atom is 0.106 e. The molecule has 0 radical (unpaired) electrons. The van der Waals surface area contributed by atoms with Crippen LogP contribution in [0.3, 0.4) is 0 Å². The van der Waals surface area contributed by atoms with Crippen LogP contribution in [0.4, 0.5) is 5.69 Å². The first-order valence-corrected chi connectivity index (χ1v) is 7.19. The number of hydrogen-bond acceptors (Lipinski definition) is 2. The zero-order chi connectivity index (χ0) is 13.8. The molecule has 2 heterocycles. The number of hydrogen-bond donors (Lipinski definition) is 1. The van der Waals surface area contributed by atoms with Crippen LogP contribution in [-0.4, -0.2) is 9.55 Å². The molecule has 0 fully saturated rings. The predicted octanol–water partition coefficient (Wildman–Crippen LogP) is 4.25. The van der Waals surface area contributed by atoms with Gasteiger partial charge in [-0.3, -0.25) is 0 Å². The Hall–Kier alpha value is -2.07. The summed E-state index contributed by atoms with van der Waals surface area (Å²) in [6.07, 6.45) is 4.07. The quantitative estimate of drug-likeness (QED) is 0.726. The van der Waals surface area contributed by atoms with Crippen molar-refractivity contribution >= 4 is 21.6 Å². The second kappa shape index (κ2) is 5.92. The summed E-state index contributed by atoms with van der Waals surface area (Å²) in [5.74, 6) is 0. The van der Waals surface area contributed by atoms with E-state index in [0.29, 0.717) is 6.54 Å². The van der Waals surface area contributed by atoms with Crippen LogP contribution in [0, 0.1) is 0 Å². The van der Waals surface area contributed by atoms with E-state index in [1.165, 1.54) is 0 Å². The van der Waals surface area contributed by atoms with Crippen LogP contribution in [0.5, 0.6) is 0 Å². The van der Waals surface area contributed by atoms with E-state index in [2.05, 4.69) is 49.0 Å². The van der Waals surface area contributed by atoms with Gasteiger partial charge < -0.3 is 9.88 Å². The normalized spacial score (nSPS) is 10.4. The van der Waals surface area contributed by atoms with Crippen molar-refractivity contribution in [2.45, 2.75) is 6.54 Å². The van der Waals surface area contributed by atoms with Gasteiger partial charge in [0, 0.05) is 23.8 Å². The molecule has 0 spiro atoms. The van der Waals surface area contributed by atoms with E-state index in [9.17, 15) is 0 Å². The zero-order valence-corrected chi connectivity index (χ0v) is 12.4. The highest BCUT2D eigenvalue weighted by Gasteiger charge is 1.99. The van der Waals surface area contributed by atoms with Crippen molar-refractivity contribution < 1.29 is 0 Å². The van der Waals surface area contributed by atoms with E-state index in [-0.39, 0.29) is 0 Å². The van der Waals surface area contributed by atoms with Crippen molar-refractivity contribution in [1.29, 1.82) is 0 Å². The van der Waals surface area contributed by atoms with E-state index in [0.717, 1.165) is 21.7 Å². The van der Waals surface area contributed by atoms with Crippen molar-refractivity contribution in [3.8, 4) is 5.69 Å². The molecule has 0 amide bonds. The summed E-state index contributed by atoms with van der Waals surface area (Å²) >= 11 is 3.38. The Morgan fingerprint density at radius 1 is 1.00 bits per heavy atom. The second-order valence-corrected chi connectivity index (χ2v) is 5.26. The van der Waals surface area contributed by atoms with Gasteiger partial charge in [-0.2, -0.15) is 0 Å². The Kier molecular flexibility index (Phi) is 3.83. The average molecular weight is 328 g/mol. The van der Waals surface area contributed by atoms with E-state index >= 15 is 0 Å². The minimum Gasteiger partial charge on any atom is -0.379 e. The lowest BCUT2D eigenvalue weighted by Crippen LogP contribution is -2.02. The van der Waals surface area contributed by atoms with Crippen molar-refractivity contribution in [3.63, 3.8) is 0 Å². The predicted molar refractivity (Wildman–Crippen MR) is 85.0 cm³/mol. The molecule has 100 valence electrons. The lowest BCUT2D eigenvalue weighted by atomic mass is 10.2. The third-order valence-corrected chi connectivity index (χ3v) is 3.44. The molecule has 3 rings (SSSR count). The van der Waals surface area contributed by atoms with Crippen molar-refractivity contribution in [2.75, 3.05) is 5.32 Å². The first kappa shape index (κ1) is 12.9. The molecule has 1 N–H and O–H groups in total. The maximum absolute atomic E-state index is 4.41. The summed E-state index contributed by atoms with van der Waals surface area (Å²) in [5, 5.41) is 3.39. The van der Waals surface area contributed by atoms with Gasteiger partial charge in [0.2, 0.25) is 0 Å². The molecule has 0 aliphatic rings. The number of benzene rings is 1. The summed E-state index contributed by atoms with van der Waals surface area (Å²) in [4.78, 5) is 4.41. The molecular weight excluding hydrogens is 314 g/mol. The first-order chi connectivity index (χ1) is 9.81. The van der Waals surface area contributed by atoms with Gasteiger partial charge >= 0.3 is 0 Å². The van der Waals surface area contributed by atoms with E-state index < -0.39 is 0 Å². The summed E-state index contributed by atoms with van der Waals surface area (Å²) in [6, 6.07) is 18.3. The smallest absolute Gasteiger partial charge is 0.106 e. The molecule has 2 aromatic heterocycles. The molecule has 0 saturated heterocycles. The number of rotatable bonds is 4. The van der Waals surface area contributed by atoms with Crippen LogP contribution >= 0.6 is 15.9 Å². The second-order valence-electron chi connectivity index (χ2n) is 4.45. The number of nitrogens with zero attached hydrogens (tertiary/aromatic N) is 2. The molecule has 20 heavy (non-hydrogen) atoms. The molecule has 0 aliphatic heterocycles. The number of pyridine rings is 1. The Bertz CT molecular complexity index is 692. The molecule has 0 unspecified atom stereocenters. The standard InChI is InChI=1S/C16H14BrN3/c17-16-8-4-6-14(19-16)12-18-13-5-3-7-15(11-13)20-9-1-2-10-20/h1-11,18H,12H2. The summed E-state index contributed by atoms with van der Waals surface area (Å²) in [5.41, 5.74) is 3.23. The fourth-order valence-electron chi connectivity index (χ4n) is 2.02. The van der Waals surface area contributed by atoms with Crippen LogP contribution in [-0.2, 0) is 6.54 Å². The third-order valence-electron chi connectivity index (χ3n) is 3.00. The highest BCUT2D eigenvalue weighted by Crippen LogP contribution is 2.16. The van der Waals surface area contributed by atoms with E-state index in [1.807, 2.05) is 48.8 Å². The third kappa shape index (κ3) is 3.08. The molecule has 4 heteroatoms. The number of anilines is 1. The first-order valence-electron chi connectivity index (χ1n) is 6.40. The van der Waals surface area contributed by atoms with Crippen molar-refractivity contribution in [2.24, 2.45) is 0 Å². The fraction of sp³-hybridized carbons (Fsp3) is 0.0625. The van der Waals surface area contributed by atoms with Gasteiger partial charge in [-0.15, -0.1) is 0 Å². The van der Waals surface area contributed by atoms with Crippen molar-refractivity contribution in [3.05, 3.63) is 77.3 Å². The minimum absolute atomic E-state index is 0.703. The van der Waals surface area contributed by atoms with E-state index in [1.54, 1.807) is 0 Å². The van der Waals surface area contributed by atoms with Crippen LogP contribution in [0.1, 0.15) is 5.69 Å². The Morgan fingerprint density at radius 3 is 2.60 bits per heavy atom. The number of halogens is 1. The molecular formula is C16H14BrN3. The summed E-state index contributed by atoms with van der Waals surface area (Å²) in [6.45, 7) is 0.703. The van der Waals surface area contributed by atoms with Crippen LogP contribution in [0.25, 0.3) is 5.69 Å². The number of nitrogens with one attached hydrogen (secondary N) is 1. The van der Waals surface area contributed by atoms with Gasteiger partial charge in [0.05, 0.1) is 12.2 Å². The largest absolute Gasteiger partial charge is 0.379 e. The summed E-state index contributed by atoms with van der Waals surface area (Å²) in [7, 11) is 0. The van der Waals surface area contributed by atoms with Gasteiger partial charge in [0.25, 0.3) is 0 Å². The molecule has 0 aliphatic carbocycles. The van der Waals surface area contributed by atoms with Crippen molar-refractivity contribution in [1.82, 2.24) is 9.55 Å². The average Bonchev–Trinajstić information content (AvgIpc) is 3.00. The topological polar surface area (TPSA) is 29.9 Å². The molecule has 1 aromatic carbocycles. The van der Waals surface area contributed by atoms with Gasteiger partial charge in [-0.25, -0.2) is 4.98 Å². The zero-order valence-electron chi connectivity index (χ0n) is 10.8. The fourth-order valence-corrected chi connectivity index (χ4v) is 2.40. The maximum atomic E-state index is 4.41. The molecule has 0 atom stereocenters. The SMILES string of the molecule is Brc1cccc(CNc2cccc(-n3cccc3)c2)n1. The number of aromatic nitrogens is 2. The molecule has 3 nitrogen and oxygen atoms in total. The van der Waals surface area contributed by atoms with Gasteiger partial charge in [0.1, 0.15) is 4.60 Å². The minimum atomic E-state index is 0.703. The Morgan fingerprint density at radius 2 is 1.80 bits per heavy atom. The highest BCUT2D eigenvalue weighted by atomic mass is 79.9. The van der Waals surface area contributed by atoms with Gasteiger partial charge in [0.15, 0.2) is 0 Å². The Balaban J connectivity index is 1.73. The van der Waals surface area contributed by atoms with Crippen LogP contribution < -0.4 is 5.32 Å².